The molecule has 0 atom stereocenters. The van der Waals surface area contributed by atoms with Crippen molar-refractivity contribution < 1.29 is 9.59 Å². The van der Waals surface area contributed by atoms with E-state index in [1.54, 1.807) is 12.1 Å². The van der Waals surface area contributed by atoms with Crippen molar-refractivity contribution in [2.24, 2.45) is 5.92 Å². The van der Waals surface area contributed by atoms with Crippen molar-refractivity contribution in [1.82, 2.24) is 15.2 Å². The van der Waals surface area contributed by atoms with Crippen molar-refractivity contribution in [2.45, 2.75) is 44.9 Å². The van der Waals surface area contributed by atoms with E-state index in [9.17, 15) is 9.59 Å². The first-order chi connectivity index (χ1) is 13.7. The van der Waals surface area contributed by atoms with E-state index in [0.29, 0.717) is 23.8 Å². The summed E-state index contributed by atoms with van der Waals surface area (Å²) in [5.41, 5.74) is 3.28. The predicted molar refractivity (Wildman–Crippen MR) is 109 cm³/mol. The van der Waals surface area contributed by atoms with E-state index in [0.717, 1.165) is 32.4 Å². The summed E-state index contributed by atoms with van der Waals surface area (Å²) in [6, 6.07) is 3.27. The average Bonchev–Trinajstić information content (AvgIpc) is 3.26. The van der Waals surface area contributed by atoms with Crippen molar-refractivity contribution >= 4 is 17.8 Å². The van der Waals surface area contributed by atoms with E-state index in [1.165, 1.54) is 43.0 Å². The number of anilines is 1. The molecule has 4 rings (SSSR count). The molecular weight excluding hydrogens is 352 g/mol. The highest BCUT2D eigenvalue weighted by atomic mass is 16.2. The van der Waals surface area contributed by atoms with Crippen LogP contribution in [0.4, 0.5) is 10.6 Å². The Hall–Kier alpha value is -2.63. The van der Waals surface area contributed by atoms with E-state index in [2.05, 4.69) is 27.8 Å². The van der Waals surface area contributed by atoms with Crippen LogP contribution in [0.3, 0.4) is 0 Å². The maximum Gasteiger partial charge on any atom is 0.323 e. The molecule has 1 saturated carbocycles. The molecule has 6 nitrogen and oxygen atoms in total. The predicted octanol–water partition coefficient (Wildman–Crippen LogP) is 3.89. The van der Waals surface area contributed by atoms with Crippen molar-refractivity contribution in [3.63, 3.8) is 0 Å². The Bertz CT molecular complexity index is 791. The Morgan fingerprint density at radius 1 is 1.18 bits per heavy atom. The van der Waals surface area contributed by atoms with Gasteiger partial charge in [-0.1, -0.05) is 30.6 Å². The van der Waals surface area contributed by atoms with Crippen LogP contribution in [-0.4, -0.2) is 41.5 Å². The van der Waals surface area contributed by atoms with Crippen LogP contribution in [0.5, 0.6) is 0 Å². The van der Waals surface area contributed by atoms with Crippen LogP contribution < -0.4 is 10.6 Å². The third-order valence-electron chi connectivity index (χ3n) is 6.00. The fraction of sp³-hybridized carbons (Fsp3) is 0.500. The number of carbonyl (C=O) groups excluding carboxylic acids is 2. The van der Waals surface area contributed by atoms with Gasteiger partial charge in [-0.3, -0.25) is 10.1 Å². The van der Waals surface area contributed by atoms with Gasteiger partial charge in [0.15, 0.2) is 0 Å². The number of allylic oxidation sites excluding steroid dienone is 1. The number of aromatic nitrogens is 1. The molecule has 3 amide bonds. The molecule has 1 aromatic rings. The zero-order valence-electron chi connectivity index (χ0n) is 16.2. The Kier molecular flexibility index (Phi) is 5.74. The monoisotopic (exact) mass is 380 g/mol. The fourth-order valence-corrected chi connectivity index (χ4v) is 4.28. The van der Waals surface area contributed by atoms with Gasteiger partial charge in [0, 0.05) is 25.8 Å². The number of urea groups is 1. The number of pyridine rings is 1. The van der Waals surface area contributed by atoms with Crippen LogP contribution >= 0.6 is 0 Å². The van der Waals surface area contributed by atoms with Crippen LogP contribution in [0.25, 0.3) is 0 Å². The first-order valence-corrected chi connectivity index (χ1v) is 10.4. The highest BCUT2D eigenvalue weighted by molar-refractivity contribution is 5.94. The number of amides is 3. The third kappa shape index (κ3) is 4.43. The second-order valence-corrected chi connectivity index (χ2v) is 7.96. The van der Waals surface area contributed by atoms with E-state index < -0.39 is 0 Å². The maximum absolute atomic E-state index is 12.6. The molecule has 0 saturated heterocycles. The molecular formula is C22H28N4O2. The first-order valence-electron chi connectivity index (χ1n) is 10.4. The summed E-state index contributed by atoms with van der Waals surface area (Å²) < 4.78 is 0. The Balaban J connectivity index is 1.29. The minimum absolute atomic E-state index is 0.100. The smallest absolute Gasteiger partial charge is 0.323 e. The molecule has 6 heteroatoms. The van der Waals surface area contributed by atoms with E-state index in [4.69, 9.17) is 0 Å². The molecule has 0 aromatic carbocycles. The van der Waals surface area contributed by atoms with Crippen LogP contribution in [0.15, 0.2) is 41.6 Å². The van der Waals surface area contributed by atoms with Gasteiger partial charge in [0.05, 0.1) is 5.56 Å². The lowest BCUT2D eigenvalue weighted by Crippen LogP contribution is -2.40. The van der Waals surface area contributed by atoms with E-state index in [-0.39, 0.29) is 11.9 Å². The van der Waals surface area contributed by atoms with Crippen molar-refractivity contribution in [3.05, 3.63) is 47.2 Å². The SMILES string of the molecule is O=C(NCC1CCCC1)c1ccc(NC(=O)N2CCC3=C(C=CCC3)C2)nc1. The van der Waals surface area contributed by atoms with Crippen molar-refractivity contribution in [1.29, 1.82) is 0 Å². The van der Waals surface area contributed by atoms with E-state index >= 15 is 0 Å². The summed E-state index contributed by atoms with van der Waals surface area (Å²) in [6.45, 7) is 2.12. The standard InChI is InChI=1S/C22H28N4O2/c27-21(24-13-16-5-1-2-6-16)18-9-10-20(23-14-18)25-22(28)26-12-11-17-7-3-4-8-19(17)15-26/h4,8-10,14,16H,1-3,5-7,11-13,15H2,(H,24,27)(H,23,25,28). The summed E-state index contributed by atoms with van der Waals surface area (Å²) in [5, 5.41) is 5.84. The largest absolute Gasteiger partial charge is 0.352 e. The van der Waals surface area contributed by atoms with Gasteiger partial charge in [-0.15, -0.1) is 0 Å². The lowest BCUT2D eigenvalue weighted by Gasteiger charge is -2.31. The molecule has 2 aliphatic carbocycles. The van der Waals surface area contributed by atoms with Crippen molar-refractivity contribution in [3.8, 4) is 0 Å². The molecule has 0 unspecified atom stereocenters. The van der Waals surface area contributed by atoms with Gasteiger partial charge in [0.25, 0.3) is 5.91 Å². The fourth-order valence-electron chi connectivity index (χ4n) is 4.28. The number of rotatable bonds is 4. The average molecular weight is 380 g/mol. The van der Waals surface area contributed by atoms with Gasteiger partial charge in [-0.2, -0.15) is 0 Å². The Labute approximate surface area is 166 Å². The number of nitrogens with one attached hydrogen (secondary N) is 2. The van der Waals surface area contributed by atoms with Crippen LogP contribution in [0, 0.1) is 5.92 Å². The topological polar surface area (TPSA) is 74.3 Å². The summed E-state index contributed by atoms with van der Waals surface area (Å²) in [6.07, 6.45) is 14.0. The van der Waals surface area contributed by atoms with Crippen LogP contribution in [-0.2, 0) is 0 Å². The van der Waals surface area contributed by atoms with Gasteiger partial charge in [0.1, 0.15) is 5.82 Å². The Morgan fingerprint density at radius 3 is 2.82 bits per heavy atom. The molecule has 1 aliphatic heterocycles. The lowest BCUT2D eigenvalue weighted by atomic mass is 9.92. The number of carbonyl (C=O) groups is 2. The van der Waals surface area contributed by atoms with Crippen LogP contribution in [0.1, 0.15) is 55.3 Å². The number of nitrogens with zero attached hydrogens (tertiary/aromatic N) is 2. The molecule has 2 heterocycles. The normalized spacial score (nSPS) is 19.5. The summed E-state index contributed by atoms with van der Waals surface area (Å²) in [4.78, 5) is 30.9. The quantitative estimate of drug-likeness (QED) is 0.832. The number of hydrogen-bond acceptors (Lipinski definition) is 3. The van der Waals surface area contributed by atoms with Crippen LogP contribution in [0.2, 0.25) is 0 Å². The van der Waals surface area contributed by atoms with Gasteiger partial charge in [-0.05, 0) is 55.7 Å². The highest BCUT2D eigenvalue weighted by Crippen LogP contribution is 2.27. The first kappa shape index (κ1) is 18.7. The molecule has 1 aromatic heterocycles. The van der Waals surface area contributed by atoms with Gasteiger partial charge >= 0.3 is 6.03 Å². The van der Waals surface area contributed by atoms with E-state index in [1.807, 2.05) is 4.90 Å². The molecule has 3 aliphatic rings. The molecule has 2 N–H and O–H groups in total. The summed E-state index contributed by atoms with van der Waals surface area (Å²) in [5.74, 6) is 0.975. The zero-order valence-corrected chi connectivity index (χ0v) is 16.2. The number of hydrogen-bond donors (Lipinski definition) is 2. The van der Waals surface area contributed by atoms with Gasteiger partial charge in [-0.25, -0.2) is 9.78 Å². The van der Waals surface area contributed by atoms with Gasteiger partial charge < -0.3 is 10.2 Å². The third-order valence-corrected chi connectivity index (χ3v) is 6.00. The second-order valence-electron chi connectivity index (χ2n) is 7.96. The molecule has 0 bridgehead atoms. The molecule has 28 heavy (non-hydrogen) atoms. The minimum atomic E-state index is -0.142. The zero-order chi connectivity index (χ0) is 19.3. The van der Waals surface area contributed by atoms with Crippen molar-refractivity contribution in [2.75, 3.05) is 25.0 Å². The highest BCUT2D eigenvalue weighted by Gasteiger charge is 2.23. The van der Waals surface area contributed by atoms with Gasteiger partial charge in [0.2, 0.25) is 0 Å². The maximum atomic E-state index is 12.6. The Morgan fingerprint density at radius 2 is 2.04 bits per heavy atom. The summed E-state index contributed by atoms with van der Waals surface area (Å²) in [7, 11) is 0. The minimum Gasteiger partial charge on any atom is -0.352 e. The molecule has 1 fully saturated rings. The lowest BCUT2D eigenvalue weighted by molar-refractivity contribution is 0.0947. The second kappa shape index (κ2) is 8.59. The summed E-state index contributed by atoms with van der Waals surface area (Å²) >= 11 is 0. The molecule has 148 valence electrons. The molecule has 0 spiro atoms. The molecule has 0 radical (unpaired) electrons.